The van der Waals surface area contributed by atoms with Crippen LogP contribution in [-0.4, -0.2) is 5.78 Å². The summed E-state index contributed by atoms with van der Waals surface area (Å²) in [6.45, 7) is 6.81. The number of ketones is 1. The number of benzene rings is 1. The van der Waals surface area contributed by atoms with Gasteiger partial charge in [-0.05, 0) is 35.5 Å². The predicted molar refractivity (Wildman–Crippen MR) is 78.7 cm³/mol. The Balaban J connectivity index is 2.09. The molecule has 0 N–H and O–H groups in total. The van der Waals surface area contributed by atoms with Crippen molar-refractivity contribution in [3.8, 4) is 0 Å². The van der Waals surface area contributed by atoms with E-state index in [9.17, 15) is 4.79 Å². The van der Waals surface area contributed by atoms with Gasteiger partial charge >= 0.3 is 0 Å². The molecule has 100 valence electrons. The fraction of sp³-hybridized carbons (Fsp3) is 0.500. The molecule has 0 unspecified atom stereocenters. The highest BCUT2D eigenvalue weighted by atomic mass is 16.1. The molecule has 0 radical (unpaired) electrons. The van der Waals surface area contributed by atoms with E-state index < -0.39 is 0 Å². The first-order valence-electron chi connectivity index (χ1n) is 7.27. The standard InChI is InChI=1S/C18H22O/c1-17(2)10-7-11-18(3)14(12-15(19)16(17)18)13-8-5-4-6-9-13/h4-6,8-9,12,16H,7,10-11H2,1-3H3/t16-,18-/m0/s1. The van der Waals surface area contributed by atoms with Crippen LogP contribution in [0.2, 0.25) is 0 Å². The minimum absolute atomic E-state index is 0.0280. The van der Waals surface area contributed by atoms with Gasteiger partial charge in [-0.2, -0.15) is 0 Å². The second kappa shape index (κ2) is 4.06. The van der Waals surface area contributed by atoms with Crippen LogP contribution in [-0.2, 0) is 4.79 Å². The first-order chi connectivity index (χ1) is 8.95. The molecule has 1 heteroatoms. The van der Waals surface area contributed by atoms with Crippen LogP contribution in [0.5, 0.6) is 0 Å². The topological polar surface area (TPSA) is 17.1 Å². The highest BCUT2D eigenvalue weighted by molar-refractivity contribution is 6.06. The molecule has 0 heterocycles. The molecule has 19 heavy (non-hydrogen) atoms. The number of carbonyl (C=O) groups is 1. The van der Waals surface area contributed by atoms with E-state index in [-0.39, 0.29) is 16.7 Å². The summed E-state index contributed by atoms with van der Waals surface area (Å²) in [7, 11) is 0. The summed E-state index contributed by atoms with van der Waals surface area (Å²) in [5.41, 5.74) is 2.63. The van der Waals surface area contributed by atoms with Crippen molar-refractivity contribution in [3.05, 3.63) is 42.0 Å². The zero-order valence-electron chi connectivity index (χ0n) is 12.1. The Labute approximate surface area is 115 Å². The fourth-order valence-corrected chi connectivity index (χ4v) is 4.47. The van der Waals surface area contributed by atoms with E-state index in [0.717, 1.165) is 12.8 Å². The van der Waals surface area contributed by atoms with Crippen molar-refractivity contribution in [1.29, 1.82) is 0 Å². The van der Waals surface area contributed by atoms with Crippen molar-refractivity contribution in [2.45, 2.75) is 40.0 Å². The first-order valence-corrected chi connectivity index (χ1v) is 7.27. The lowest BCUT2D eigenvalue weighted by Gasteiger charge is -2.47. The molecular weight excluding hydrogens is 232 g/mol. The zero-order valence-corrected chi connectivity index (χ0v) is 12.1. The van der Waals surface area contributed by atoms with Gasteiger partial charge in [-0.3, -0.25) is 4.79 Å². The monoisotopic (exact) mass is 254 g/mol. The molecule has 0 aromatic heterocycles. The summed E-state index contributed by atoms with van der Waals surface area (Å²) in [6.07, 6.45) is 5.44. The third kappa shape index (κ3) is 1.79. The Kier molecular flexibility index (Phi) is 2.70. The van der Waals surface area contributed by atoms with Gasteiger partial charge in [0.25, 0.3) is 0 Å². The van der Waals surface area contributed by atoms with E-state index in [1.807, 2.05) is 12.1 Å². The van der Waals surface area contributed by atoms with Crippen LogP contribution in [0.1, 0.15) is 45.6 Å². The Morgan fingerprint density at radius 2 is 1.74 bits per heavy atom. The number of fused-ring (bicyclic) bond motifs is 1. The summed E-state index contributed by atoms with van der Waals surface area (Å²) in [5, 5.41) is 0. The van der Waals surface area contributed by atoms with Crippen molar-refractivity contribution < 1.29 is 4.79 Å². The maximum Gasteiger partial charge on any atom is 0.160 e. The Bertz CT molecular complexity index is 538. The molecule has 0 bridgehead atoms. The van der Waals surface area contributed by atoms with Gasteiger partial charge in [-0.15, -0.1) is 0 Å². The van der Waals surface area contributed by atoms with Gasteiger partial charge < -0.3 is 0 Å². The van der Waals surface area contributed by atoms with E-state index in [4.69, 9.17) is 0 Å². The molecule has 2 atom stereocenters. The number of carbonyl (C=O) groups excluding carboxylic acids is 1. The largest absolute Gasteiger partial charge is 0.294 e. The van der Waals surface area contributed by atoms with Gasteiger partial charge in [0, 0.05) is 11.3 Å². The summed E-state index contributed by atoms with van der Waals surface area (Å²) in [5.74, 6) is 0.495. The molecule has 1 nitrogen and oxygen atoms in total. The zero-order chi connectivity index (χ0) is 13.7. The second-order valence-electron chi connectivity index (χ2n) is 7.02. The summed E-state index contributed by atoms with van der Waals surface area (Å²) >= 11 is 0. The molecule has 0 saturated heterocycles. The van der Waals surface area contributed by atoms with Gasteiger partial charge in [0.1, 0.15) is 0 Å². The predicted octanol–water partition coefficient (Wildman–Crippen LogP) is 4.49. The molecular formula is C18H22O. The average Bonchev–Trinajstić information content (AvgIpc) is 2.63. The van der Waals surface area contributed by atoms with Crippen molar-refractivity contribution in [1.82, 2.24) is 0 Å². The fourth-order valence-electron chi connectivity index (χ4n) is 4.47. The van der Waals surface area contributed by atoms with Gasteiger partial charge in [0.05, 0.1) is 0 Å². The van der Waals surface area contributed by atoms with Crippen LogP contribution in [0.15, 0.2) is 36.4 Å². The minimum atomic E-state index is 0.0280. The maximum atomic E-state index is 12.5. The van der Waals surface area contributed by atoms with E-state index in [0.29, 0.717) is 5.78 Å². The lowest BCUT2D eigenvalue weighted by Crippen LogP contribution is -2.43. The van der Waals surface area contributed by atoms with Crippen LogP contribution >= 0.6 is 0 Å². The Hall–Kier alpha value is -1.37. The lowest BCUT2D eigenvalue weighted by atomic mass is 9.55. The average molecular weight is 254 g/mol. The van der Waals surface area contributed by atoms with Gasteiger partial charge in [-0.1, -0.05) is 57.5 Å². The SMILES string of the molecule is CC1(C)CCC[C@@]2(C)C(c3ccccc3)=CC(=O)[C@@H]12. The molecule has 0 spiro atoms. The molecule has 0 aliphatic heterocycles. The van der Waals surface area contributed by atoms with Crippen LogP contribution < -0.4 is 0 Å². The first kappa shape index (κ1) is 12.7. The van der Waals surface area contributed by atoms with Crippen LogP contribution in [0.25, 0.3) is 5.57 Å². The van der Waals surface area contributed by atoms with E-state index >= 15 is 0 Å². The quantitative estimate of drug-likeness (QED) is 0.722. The van der Waals surface area contributed by atoms with E-state index in [1.165, 1.54) is 17.6 Å². The maximum absolute atomic E-state index is 12.5. The number of hydrogen-bond acceptors (Lipinski definition) is 1. The van der Waals surface area contributed by atoms with Crippen molar-refractivity contribution in [2.24, 2.45) is 16.7 Å². The highest BCUT2D eigenvalue weighted by Crippen LogP contribution is 2.60. The van der Waals surface area contributed by atoms with Gasteiger partial charge in [-0.25, -0.2) is 0 Å². The van der Waals surface area contributed by atoms with Crippen LogP contribution in [0, 0.1) is 16.7 Å². The van der Waals surface area contributed by atoms with Crippen molar-refractivity contribution >= 4 is 11.4 Å². The number of rotatable bonds is 1. The summed E-state index contributed by atoms with van der Waals surface area (Å²) in [6, 6.07) is 10.4. The van der Waals surface area contributed by atoms with Crippen LogP contribution in [0.4, 0.5) is 0 Å². The third-order valence-corrected chi connectivity index (χ3v) is 5.21. The lowest BCUT2D eigenvalue weighted by molar-refractivity contribution is -0.126. The number of allylic oxidation sites excluding steroid dienone is 2. The minimum Gasteiger partial charge on any atom is -0.294 e. The highest BCUT2D eigenvalue weighted by Gasteiger charge is 2.54. The van der Waals surface area contributed by atoms with E-state index in [2.05, 4.69) is 45.0 Å². The molecule has 1 fully saturated rings. The second-order valence-corrected chi connectivity index (χ2v) is 7.02. The van der Waals surface area contributed by atoms with Gasteiger partial charge in [0.2, 0.25) is 0 Å². The van der Waals surface area contributed by atoms with Crippen molar-refractivity contribution in [2.75, 3.05) is 0 Å². The summed E-state index contributed by atoms with van der Waals surface area (Å²) < 4.78 is 0. The molecule has 1 saturated carbocycles. The van der Waals surface area contributed by atoms with Gasteiger partial charge in [0.15, 0.2) is 5.78 Å². The molecule has 1 aromatic carbocycles. The normalized spacial score (nSPS) is 32.9. The van der Waals surface area contributed by atoms with E-state index in [1.54, 1.807) is 0 Å². The Morgan fingerprint density at radius 3 is 2.42 bits per heavy atom. The molecule has 2 aliphatic carbocycles. The number of hydrogen-bond donors (Lipinski definition) is 0. The molecule has 0 amide bonds. The van der Waals surface area contributed by atoms with Crippen molar-refractivity contribution in [3.63, 3.8) is 0 Å². The smallest absolute Gasteiger partial charge is 0.160 e. The molecule has 3 rings (SSSR count). The molecule has 2 aliphatic rings. The summed E-state index contributed by atoms with van der Waals surface area (Å²) in [4.78, 5) is 12.5. The molecule has 1 aromatic rings. The van der Waals surface area contributed by atoms with Crippen LogP contribution in [0.3, 0.4) is 0 Å². The third-order valence-electron chi connectivity index (χ3n) is 5.21. The Morgan fingerprint density at radius 1 is 1.05 bits per heavy atom.